The van der Waals surface area contributed by atoms with Gasteiger partial charge in [-0.25, -0.2) is 13.2 Å². The first kappa shape index (κ1) is 18.8. The maximum absolute atomic E-state index is 12.1. The van der Waals surface area contributed by atoms with E-state index in [2.05, 4.69) is 16.0 Å². The Labute approximate surface area is 150 Å². The molecule has 24 heavy (non-hydrogen) atoms. The van der Waals surface area contributed by atoms with Crippen LogP contribution in [0.25, 0.3) is 0 Å². The van der Waals surface area contributed by atoms with Crippen molar-refractivity contribution in [3.8, 4) is 0 Å². The average molecular weight is 394 g/mol. The number of anilines is 1. The van der Waals surface area contributed by atoms with Gasteiger partial charge in [-0.2, -0.15) is 0 Å². The molecule has 132 valence electrons. The van der Waals surface area contributed by atoms with Gasteiger partial charge in [-0.15, -0.1) is 0 Å². The van der Waals surface area contributed by atoms with Crippen molar-refractivity contribution in [3.05, 3.63) is 28.2 Å². The van der Waals surface area contributed by atoms with E-state index in [0.29, 0.717) is 22.2 Å². The highest BCUT2D eigenvalue weighted by Gasteiger charge is 2.29. The summed E-state index contributed by atoms with van der Waals surface area (Å²) in [4.78, 5) is 24.0. The van der Waals surface area contributed by atoms with Gasteiger partial charge >= 0.3 is 6.03 Å². The maximum Gasteiger partial charge on any atom is 0.315 e. The molecule has 1 heterocycles. The predicted octanol–water partition coefficient (Wildman–Crippen LogP) is 1.81. The van der Waals surface area contributed by atoms with Crippen LogP contribution in [0, 0.1) is 0 Å². The van der Waals surface area contributed by atoms with Crippen molar-refractivity contribution in [1.29, 1.82) is 0 Å². The number of urea groups is 1. The van der Waals surface area contributed by atoms with Crippen molar-refractivity contribution >= 4 is 50.7 Å². The summed E-state index contributed by atoms with van der Waals surface area (Å²) in [5, 5.41) is 8.31. The van der Waals surface area contributed by atoms with E-state index in [1.807, 2.05) is 0 Å². The molecule has 10 heteroatoms. The summed E-state index contributed by atoms with van der Waals surface area (Å²) in [5.74, 6) is -0.506. The van der Waals surface area contributed by atoms with Gasteiger partial charge in [-0.3, -0.25) is 4.79 Å². The molecule has 1 aromatic rings. The standard InChI is InChI=1S/C14H17Cl2N3O4S/c1-8(13(20)19-12-6-9(15)2-3-11(12)16)17-14(21)18-10-4-5-24(22,23)7-10/h2-3,6,8,10H,4-5,7H2,1H3,(H,19,20)(H2,17,18,21)/t8-,10?/m1/s1. The van der Waals surface area contributed by atoms with Crippen LogP contribution in [0.1, 0.15) is 13.3 Å². The Morgan fingerprint density at radius 2 is 2.00 bits per heavy atom. The molecule has 3 N–H and O–H groups in total. The van der Waals surface area contributed by atoms with Crippen molar-refractivity contribution in [2.45, 2.75) is 25.4 Å². The van der Waals surface area contributed by atoms with Gasteiger partial charge in [0.25, 0.3) is 0 Å². The van der Waals surface area contributed by atoms with Crippen molar-refractivity contribution < 1.29 is 18.0 Å². The zero-order valence-electron chi connectivity index (χ0n) is 12.8. The van der Waals surface area contributed by atoms with Crippen molar-refractivity contribution in [1.82, 2.24) is 10.6 Å². The lowest BCUT2D eigenvalue weighted by Crippen LogP contribution is -2.49. The third-order valence-corrected chi connectivity index (χ3v) is 5.83. The molecular weight excluding hydrogens is 377 g/mol. The van der Waals surface area contributed by atoms with Crippen LogP contribution >= 0.6 is 23.2 Å². The molecule has 1 saturated heterocycles. The number of hydrogen-bond acceptors (Lipinski definition) is 4. The Balaban J connectivity index is 1.87. The number of amides is 3. The molecule has 7 nitrogen and oxygen atoms in total. The lowest BCUT2D eigenvalue weighted by molar-refractivity contribution is -0.117. The molecule has 0 saturated carbocycles. The minimum atomic E-state index is -3.08. The summed E-state index contributed by atoms with van der Waals surface area (Å²) in [6, 6.07) is 2.75. The van der Waals surface area contributed by atoms with Gasteiger partial charge in [0, 0.05) is 11.1 Å². The molecule has 2 atom stereocenters. The summed E-state index contributed by atoms with van der Waals surface area (Å²) >= 11 is 11.8. The largest absolute Gasteiger partial charge is 0.334 e. The molecule has 1 aromatic carbocycles. The minimum absolute atomic E-state index is 0.0568. The number of halogens is 2. The van der Waals surface area contributed by atoms with Crippen molar-refractivity contribution in [2.75, 3.05) is 16.8 Å². The van der Waals surface area contributed by atoms with Gasteiger partial charge in [-0.05, 0) is 31.5 Å². The second-order valence-electron chi connectivity index (χ2n) is 5.55. The van der Waals surface area contributed by atoms with Crippen LogP contribution in [0.5, 0.6) is 0 Å². The second kappa shape index (κ2) is 7.58. The third kappa shape index (κ3) is 5.25. The molecule has 3 amide bonds. The van der Waals surface area contributed by atoms with E-state index in [4.69, 9.17) is 23.2 Å². The molecular formula is C14H17Cl2N3O4S. The highest BCUT2D eigenvalue weighted by Crippen LogP contribution is 2.25. The van der Waals surface area contributed by atoms with Gasteiger partial charge in [0.2, 0.25) is 5.91 Å². The highest BCUT2D eigenvalue weighted by atomic mass is 35.5. The van der Waals surface area contributed by atoms with Crippen LogP contribution in [0.2, 0.25) is 10.0 Å². The number of carbonyl (C=O) groups is 2. The molecule has 2 rings (SSSR count). The fourth-order valence-corrected chi connectivity index (χ4v) is 4.24. The van der Waals surface area contributed by atoms with Crippen LogP contribution in [-0.2, 0) is 14.6 Å². The minimum Gasteiger partial charge on any atom is -0.334 e. The Kier molecular flexibility index (Phi) is 5.95. The monoisotopic (exact) mass is 393 g/mol. The summed E-state index contributed by atoms with van der Waals surface area (Å²) in [6.07, 6.45) is 0.369. The summed E-state index contributed by atoms with van der Waals surface area (Å²) in [5.41, 5.74) is 0.338. The lowest BCUT2D eigenvalue weighted by Gasteiger charge is -2.17. The molecule has 1 fully saturated rings. The molecule has 1 aliphatic rings. The van der Waals surface area contributed by atoms with E-state index >= 15 is 0 Å². The smallest absolute Gasteiger partial charge is 0.315 e. The van der Waals surface area contributed by atoms with E-state index < -0.39 is 33.9 Å². The first-order valence-electron chi connectivity index (χ1n) is 7.19. The summed E-state index contributed by atoms with van der Waals surface area (Å²) in [7, 11) is -3.08. The first-order valence-corrected chi connectivity index (χ1v) is 9.77. The molecule has 1 aliphatic heterocycles. The topological polar surface area (TPSA) is 104 Å². The Morgan fingerprint density at radius 1 is 1.29 bits per heavy atom. The zero-order valence-corrected chi connectivity index (χ0v) is 15.1. The van der Waals surface area contributed by atoms with Gasteiger partial charge in [0.05, 0.1) is 22.2 Å². The number of rotatable bonds is 4. The van der Waals surface area contributed by atoms with Gasteiger partial charge < -0.3 is 16.0 Å². The van der Waals surface area contributed by atoms with Crippen molar-refractivity contribution in [2.24, 2.45) is 0 Å². The molecule has 0 radical (unpaired) electrons. The number of carbonyl (C=O) groups excluding carboxylic acids is 2. The third-order valence-electron chi connectivity index (χ3n) is 3.49. The number of sulfone groups is 1. The molecule has 0 bridgehead atoms. The maximum atomic E-state index is 12.1. The molecule has 0 spiro atoms. The van der Waals surface area contributed by atoms with E-state index in [1.54, 1.807) is 12.1 Å². The van der Waals surface area contributed by atoms with E-state index in [0.717, 1.165) is 0 Å². The quantitative estimate of drug-likeness (QED) is 0.725. The zero-order chi connectivity index (χ0) is 17.9. The molecule has 0 aromatic heterocycles. The Bertz CT molecular complexity index is 754. The van der Waals surface area contributed by atoms with Crippen LogP contribution in [0.4, 0.5) is 10.5 Å². The SMILES string of the molecule is C[C@@H](NC(=O)NC1CCS(=O)(=O)C1)C(=O)Nc1cc(Cl)ccc1Cl. The fourth-order valence-electron chi connectivity index (χ4n) is 2.23. The lowest BCUT2D eigenvalue weighted by atomic mass is 10.2. The average Bonchev–Trinajstić information content (AvgIpc) is 2.81. The molecule has 1 unspecified atom stereocenters. The van der Waals surface area contributed by atoms with Crippen molar-refractivity contribution in [3.63, 3.8) is 0 Å². The molecule has 0 aliphatic carbocycles. The van der Waals surface area contributed by atoms with Crippen LogP contribution in [-0.4, -0.2) is 43.9 Å². The fraction of sp³-hybridized carbons (Fsp3) is 0.429. The summed E-state index contributed by atoms with van der Waals surface area (Å²) in [6.45, 7) is 1.50. The predicted molar refractivity (Wildman–Crippen MR) is 93.3 cm³/mol. The van der Waals surface area contributed by atoms with E-state index in [9.17, 15) is 18.0 Å². The Hall–Kier alpha value is -1.51. The number of hydrogen-bond donors (Lipinski definition) is 3. The highest BCUT2D eigenvalue weighted by molar-refractivity contribution is 7.91. The van der Waals surface area contributed by atoms with Crippen LogP contribution in [0.15, 0.2) is 18.2 Å². The summed E-state index contributed by atoms with van der Waals surface area (Å²) < 4.78 is 22.7. The van der Waals surface area contributed by atoms with Crippen LogP contribution in [0.3, 0.4) is 0 Å². The second-order valence-corrected chi connectivity index (χ2v) is 8.63. The normalized spacial score (nSPS) is 20.2. The first-order chi connectivity index (χ1) is 11.2. The van der Waals surface area contributed by atoms with E-state index in [1.165, 1.54) is 13.0 Å². The number of benzene rings is 1. The van der Waals surface area contributed by atoms with Gasteiger partial charge in [-0.1, -0.05) is 23.2 Å². The van der Waals surface area contributed by atoms with Gasteiger partial charge in [0.15, 0.2) is 9.84 Å². The number of nitrogens with one attached hydrogen (secondary N) is 3. The van der Waals surface area contributed by atoms with Gasteiger partial charge in [0.1, 0.15) is 6.04 Å². The van der Waals surface area contributed by atoms with E-state index in [-0.39, 0.29) is 11.5 Å². The van der Waals surface area contributed by atoms with Crippen LogP contribution < -0.4 is 16.0 Å². The Morgan fingerprint density at radius 3 is 2.62 bits per heavy atom.